The Balaban J connectivity index is 4.44. The maximum absolute atomic E-state index is 12.8. The Morgan fingerprint density at radius 3 is 1.02 bits per heavy atom. The van der Waals surface area contributed by atoms with Crippen LogP contribution in [-0.2, 0) is 28.6 Å². The van der Waals surface area contributed by atoms with Gasteiger partial charge in [0.15, 0.2) is 6.10 Å². The van der Waals surface area contributed by atoms with Crippen LogP contribution < -0.4 is 0 Å². The van der Waals surface area contributed by atoms with E-state index in [1.54, 1.807) is 0 Å². The normalized spacial score (nSPS) is 12.5. The highest BCUT2D eigenvalue weighted by Gasteiger charge is 2.19. The molecule has 0 aromatic rings. The van der Waals surface area contributed by atoms with Crippen LogP contribution in [0.2, 0.25) is 0 Å². The maximum Gasteiger partial charge on any atom is 0.306 e. The molecule has 0 bridgehead atoms. The maximum atomic E-state index is 12.8. The summed E-state index contributed by atoms with van der Waals surface area (Å²) in [4.78, 5) is 38.0. The van der Waals surface area contributed by atoms with Gasteiger partial charge in [0.05, 0.1) is 0 Å². The van der Waals surface area contributed by atoms with Gasteiger partial charge in [-0.2, -0.15) is 0 Å². The van der Waals surface area contributed by atoms with Crippen molar-refractivity contribution in [1.82, 2.24) is 0 Å². The Hall–Kier alpha value is -2.89. The number of hydrogen-bond acceptors (Lipinski definition) is 6. The first-order valence-electron chi connectivity index (χ1n) is 26.8. The second-order valence-electron chi connectivity index (χ2n) is 17.8. The van der Waals surface area contributed by atoms with Crippen LogP contribution in [0.1, 0.15) is 265 Å². The predicted octanol–water partition coefficient (Wildman–Crippen LogP) is 17.6. The quantitative estimate of drug-likeness (QED) is 0.0262. The summed E-state index contributed by atoms with van der Waals surface area (Å²) in [6.45, 7) is 6.49. The molecule has 0 aromatic carbocycles. The van der Waals surface area contributed by atoms with Gasteiger partial charge >= 0.3 is 17.9 Å². The molecule has 0 aromatic heterocycles. The van der Waals surface area contributed by atoms with Gasteiger partial charge in [0.25, 0.3) is 0 Å². The molecule has 0 spiro atoms. The molecule has 0 N–H and O–H groups in total. The lowest BCUT2D eigenvalue weighted by molar-refractivity contribution is -0.167. The number of carbonyl (C=O) groups is 3. The second-order valence-corrected chi connectivity index (χ2v) is 17.8. The first-order chi connectivity index (χ1) is 31.0. The van der Waals surface area contributed by atoms with Gasteiger partial charge in [-0.05, 0) is 83.5 Å². The van der Waals surface area contributed by atoms with Gasteiger partial charge in [-0.3, -0.25) is 14.4 Å². The zero-order valence-electron chi connectivity index (χ0n) is 41.6. The summed E-state index contributed by atoms with van der Waals surface area (Å²) in [7, 11) is 0. The van der Waals surface area contributed by atoms with Crippen molar-refractivity contribution in [2.24, 2.45) is 0 Å². The average Bonchev–Trinajstić information content (AvgIpc) is 3.28. The fraction of sp³-hybridized carbons (Fsp3) is 0.772. The molecule has 6 nitrogen and oxygen atoms in total. The summed E-state index contributed by atoms with van der Waals surface area (Å²) >= 11 is 0. The van der Waals surface area contributed by atoms with Gasteiger partial charge in [0, 0.05) is 19.3 Å². The lowest BCUT2D eigenvalue weighted by Gasteiger charge is -2.18. The monoisotopic (exact) mass is 881 g/mol. The van der Waals surface area contributed by atoms with Crippen LogP contribution in [0.5, 0.6) is 0 Å². The van der Waals surface area contributed by atoms with Crippen molar-refractivity contribution in [3.63, 3.8) is 0 Å². The molecule has 0 rings (SSSR count). The van der Waals surface area contributed by atoms with Crippen LogP contribution in [0.15, 0.2) is 60.8 Å². The van der Waals surface area contributed by atoms with Crippen molar-refractivity contribution >= 4 is 17.9 Å². The van der Waals surface area contributed by atoms with E-state index >= 15 is 0 Å². The topological polar surface area (TPSA) is 78.9 Å². The Morgan fingerprint density at radius 1 is 0.333 bits per heavy atom. The molecule has 0 aliphatic carbocycles. The van der Waals surface area contributed by atoms with E-state index in [2.05, 4.69) is 81.5 Å². The van der Waals surface area contributed by atoms with E-state index in [0.717, 1.165) is 89.9 Å². The number of allylic oxidation sites excluding steroid dienone is 10. The summed E-state index contributed by atoms with van der Waals surface area (Å²) < 4.78 is 16.8. The zero-order valence-corrected chi connectivity index (χ0v) is 41.6. The third-order valence-electron chi connectivity index (χ3n) is 11.5. The Bertz CT molecular complexity index is 1150. The minimum atomic E-state index is -0.791. The molecule has 6 heteroatoms. The molecule has 1 atom stereocenters. The van der Waals surface area contributed by atoms with Crippen molar-refractivity contribution in [3.05, 3.63) is 60.8 Å². The van der Waals surface area contributed by atoms with Crippen molar-refractivity contribution < 1.29 is 28.6 Å². The van der Waals surface area contributed by atoms with E-state index in [1.807, 2.05) is 0 Å². The van der Waals surface area contributed by atoms with Crippen LogP contribution in [0.4, 0.5) is 0 Å². The highest BCUT2D eigenvalue weighted by atomic mass is 16.6. The molecule has 0 fully saturated rings. The number of ether oxygens (including phenoxy) is 3. The first kappa shape index (κ1) is 60.1. The van der Waals surface area contributed by atoms with Crippen molar-refractivity contribution in [3.8, 4) is 0 Å². The molecular weight excluding hydrogens is 781 g/mol. The lowest BCUT2D eigenvalue weighted by atomic mass is 10.0. The minimum absolute atomic E-state index is 0.0897. The van der Waals surface area contributed by atoms with E-state index in [1.165, 1.54) is 135 Å². The Labute approximate surface area is 390 Å². The molecule has 63 heavy (non-hydrogen) atoms. The molecule has 364 valence electrons. The second kappa shape index (κ2) is 51.7. The predicted molar refractivity (Wildman–Crippen MR) is 270 cm³/mol. The SMILES string of the molecule is CC/C=C\C/C=C\C/C=C\C/C=C\CCCCC(=O)OC[C@H](COC(=O)CCCCCCC/C=C\CCCCCCCC)OC(=O)CCCCCCCCCCCCCCCCC. The molecule has 0 unspecified atom stereocenters. The fourth-order valence-electron chi connectivity index (χ4n) is 7.49. The van der Waals surface area contributed by atoms with E-state index in [-0.39, 0.29) is 31.1 Å². The van der Waals surface area contributed by atoms with Crippen LogP contribution >= 0.6 is 0 Å². The van der Waals surface area contributed by atoms with E-state index < -0.39 is 6.10 Å². The number of rotatable bonds is 48. The van der Waals surface area contributed by atoms with Gasteiger partial charge in [0.2, 0.25) is 0 Å². The summed E-state index contributed by atoms with van der Waals surface area (Å²) in [6.07, 6.45) is 63.5. The molecule has 0 amide bonds. The standard InChI is InChI=1S/C57H100O6/c1-4-7-10-13-16-19-22-25-28-31-34-37-40-43-46-49-55(58)61-52-54(63-57(60)51-48-45-42-39-36-33-30-27-24-21-18-15-12-9-6-3)53-62-56(59)50-47-44-41-38-35-32-29-26-23-20-17-14-11-8-5-2/h7,10,16,19,25-26,28-29,34,37,54H,4-6,8-9,11-15,17-18,20-24,27,30-33,35-36,38-53H2,1-3H3/b10-7-,19-16-,28-25-,29-26-,37-34-/t54-/m1/s1. The Kier molecular flexibility index (Phi) is 49.4. The van der Waals surface area contributed by atoms with Gasteiger partial charge in [-0.15, -0.1) is 0 Å². The average molecular weight is 881 g/mol. The number of carbonyl (C=O) groups excluding carboxylic acids is 3. The molecule has 0 saturated heterocycles. The fourth-order valence-corrected chi connectivity index (χ4v) is 7.49. The Morgan fingerprint density at radius 2 is 0.619 bits per heavy atom. The van der Waals surface area contributed by atoms with Crippen LogP contribution in [0.3, 0.4) is 0 Å². The van der Waals surface area contributed by atoms with Crippen molar-refractivity contribution in [2.45, 2.75) is 271 Å². The minimum Gasteiger partial charge on any atom is -0.462 e. The van der Waals surface area contributed by atoms with E-state index in [4.69, 9.17) is 14.2 Å². The molecular formula is C57H100O6. The molecule has 0 aliphatic rings. The number of esters is 3. The molecule has 0 aliphatic heterocycles. The summed E-state index contributed by atoms with van der Waals surface area (Å²) in [5.74, 6) is -0.932. The van der Waals surface area contributed by atoms with Crippen LogP contribution in [0, 0.1) is 0 Å². The number of hydrogen-bond donors (Lipinski definition) is 0. The van der Waals surface area contributed by atoms with Gasteiger partial charge < -0.3 is 14.2 Å². The third-order valence-corrected chi connectivity index (χ3v) is 11.5. The largest absolute Gasteiger partial charge is 0.462 e. The van der Waals surface area contributed by atoms with Gasteiger partial charge in [-0.25, -0.2) is 0 Å². The first-order valence-corrected chi connectivity index (χ1v) is 26.8. The van der Waals surface area contributed by atoms with Gasteiger partial charge in [0.1, 0.15) is 13.2 Å². The zero-order chi connectivity index (χ0) is 45.8. The molecule has 0 heterocycles. The smallest absolute Gasteiger partial charge is 0.306 e. The van der Waals surface area contributed by atoms with Gasteiger partial charge in [-0.1, -0.05) is 223 Å². The highest BCUT2D eigenvalue weighted by Crippen LogP contribution is 2.15. The van der Waals surface area contributed by atoms with Crippen molar-refractivity contribution in [2.75, 3.05) is 13.2 Å². The third kappa shape index (κ3) is 50.0. The molecule has 0 radical (unpaired) electrons. The summed E-state index contributed by atoms with van der Waals surface area (Å²) in [5, 5.41) is 0. The van der Waals surface area contributed by atoms with E-state index in [9.17, 15) is 14.4 Å². The van der Waals surface area contributed by atoms with E-state index in [0.29, 0.717) is 19.3 Å². The van der Waals surface area contributed by atoms with Crippen LogP contribution in [0.25, 0.3) is 0 Å². The number of unbranched alkanes of at least 4 members (excludes halogenated alkanes) is 27. The summed E-state index contributed by atoms with van der Waals surface area (Å²) in [5.41, 5.74) is 0. The lowest BCUT2D eigenvalue weighted by Crippen LogP contribution is -2.30. The highest BCUT2D eigenvalue weighted by molar-refractivity contribution is 5.71. The summed E-state index contributed by atoms with van der Waals surface area (Å²) in [6, 6.07) is 0. The van der Waals surface area contributed by atoms with Crippen molar-refractivity contribution in [1.29, 1.82) is 0 Å². The van der Waals surface area contributed by atoms with Crippen LogP contribution in [-0.4, -0.2) is 37.2 Å². The molecule has 0 saturated carbocycles.